The summed E-state index contributed by atoms with van der Waals surface area (Å²) in [4.78, 5) is 22.7. The number of aryl methyl sites for hydroxylation is 4. The minimum Gasteiger partial charge on any atom is -0.383 e. The topological polar surface area (TPSA) is 102 Å². The van der Waals surface area contributed by atoms with Crippen LogP contribution in [0.15, 0.2) is 6.07 Å². The van der Waals surface area contributed by atoms with E-state index in [2.05, 4.69) is 32.2 Å². The smallest absolute Gasteiger partial charge is 0.227 e. The third kappa shape index (κ3) is 3.05. The fourth-order valence-electron chi connectivity index (χ4n) is 3.67. The van der Waals surface area contributed by atoms with Crippen LogP contribution in [0.3, 0.4) is 0 Å². The normalized spacial score (nSPS) is 13.7. The summed E-state index contributed by atoms with van der Waals surface area (Å²) in [6, 6.07) is 1.99. The van der Waals surface area contributed by atoms with Crippen LogP contribution in [0.25, 0.3) is 11.0 Å². The molecule has 0 atom stereocenters. The zero-order valence-electron chi connectivity index (χ0n) is 15.4. The van der Waals surface area contributed by atoms with E-state index < -0.39 is 0 Å². The van der Waals surface area contributed by atoms with Gasteiger partial charge in [-0.3, -0.25) is 0 Å². The van der Waals surface area contributed by atoms with E-state index in [1.165, 1.54) is 24.1 Å². The Morgan fingerprint density at radius 2 is 1.81 bits per heavy atom. The molecule has 26 heavy (non-hydrogen) atoms. The van der Waals surface area contributed by atoms with Crippen LogP contribution < -0.4 is 11.1 Å². The van der Waals surface area contributed by atoms with E-state index in [9.17, 15) is 0 Å². The summed E-state index contributed by atoms with van der Waals surface area (Å²) in [6.45, 7) is 6.47. The number of nitrogens with one attached hydrogen (secondary N) is 1. The average Bonchev–Trinajstić information content (AvgIpc) is 2.59. The zero-order valence-corrected chi connectivity index (χ0v) is 15.4. The first kappa shape index (κ1) is 16.6. The van der Waals surface area contributed by atoms with Crippen LogP contribution in [-0.4, -0.2) is 24.9 Å². The Labute approximate surface area is 152 Å². The molecule has 0 aromatic carbocycles. The van der Waals surface area contributed by atoms with E-state index in [1.807, 2.05) is 19.9 Å². The molecule has 0 amide bonds. The Bertz CT molecular complexity index is 997. The first-order valence-electron chi connectivity index (χ1n) is 9.02. The van der Waals surface area contributed by atoms with E-state index in [4.69, 9.17) is 10.7 Å². The number of anilines is 2. The van der Waals surface area contributed by atoms with Crippen LogP contribution in [0, 0.1) is 20.8 Å². The van der Waals surface area contributed by atoms with Gasteiger partial charge in [-0.15, -0.1) is 0 Å². The van der Waals surface area contributed by atoms with Gasteiger partial charge in [0.2, 0.25) is 5.95 Å². The van der Waals surface area contributed by atoms with Crippen molar-refractivity contribution in [2.75, 3.05) is 11.1 Å². The number of hydrogen-bond acceptors (Lipinski definition) is 7. The first-order chi connectivity index (χ1) is 12.5. The second kappa shape index (κ2) is 6.48. The summed E-state index contributed by atoms with van der Waals surface area (Å²) in [5.41, 5.74) is 12.3. The highest BCUT2D eigenvalue weighted by Crippen LogP contribution is 2.24. The molecular weight excluding hydrogens is 326 g/mol. The lowest BCUT2D eigenvalue weighted by atomic mass is 9.95. The molecule has 1 aliphatic carbocycles. The Morgan fingerprint density at radius 3 is 2.65 bits per heavy atom. The molecule has 0 unspecified atom stereocenters. The first-order valence-corrected chi connectivity index (χ1v) is 9.02. The van der Waals surface area contributed by atoms with Crippen molar-refractivity contribution in [3.63, 3.8) is 0 Å². The third-order valence-electron chi connectivity index (χ3n) is 4.86. The quantitative estimate of drug-likeness (QED) is 0.749. The molecule has 0 fully saturated rings. The van der Waals surface area contributed by atoms with Crippen LogP contribution in [-0.2, 0) is 19.4 Å². The third-order valence-corrected chi connectivity index (χ3v) is 4.86. The van der Waals surface area contributed by atoms with Crippen molar-refractivity contribution in [1.29, 1.82) is 0 Å². The Hall–Kier alpha value is -2.83. The lowest BCUT2D eigenvalue weighted by molar-refractivity contribution is 0.648. The van der Waals surface area contributed by atoms with Crippen LogP contribution in [0.2, 0.25) is 0 Å². The number of hydrogen-bond donors (Lipinski definition) is 2. The maximum Gasteiger partial charge on any atom is 0.227 e. The number of aromatic nitrogens is 5. The van der Waals surface area contributed by atoms with Crippen molar-refractivity contribution < 1.29 is 0 Å². The molecule has 0 saturated carbocycles. The van der Waals surface area contributed by atoms with Crippen molar-refractivity contribution in [3.8, 4) is 0 Å². The summed E-state index contributed by atoms with van der Waals surface area (Å²) in [5, 5.41) is 4.01. The van der Waals surface area contributed by atoms with Crippen molar-refractivity contribution in [2.45, 2.75) is 53.0 Å². The van der Waals surface area contributed by atoms with Gasteiger partial charge in [-0.05, 0) is 63.6 Å². The summed E-state index contributed by atoms with van der Waals surface area (Å²) in [7, 11) is 0. The molecule has 3 N–H and O–H groups in total. The Balaban J connectivity index is 1.61. The maximum atomic E-state index is 6.13. The largest absolute Gasteiger partial charge is 0.383 e. The SMILES string of the molecule is Cc1cc(C)c2c(N)nc(NCc3nc(C)c4c(n3)CCCC4)nc2n1. The van der Waals surface area contributed by atoms with Crippen molar-refractivity contribution in [2.24, 2.45) is 0 Å². The standard InChI is InChI=1S/C19H23N7/c1-10-8-11(2)22-18-16(10)17(20)25-19(26-18)21-9-15-23-12(3)13-6-4-5-7-14(13)24-15/h8H,4-7,9H2,1-3H3,(H3,20,21,22,25,26). The lowest BCUT2D eigenvalue weighted by Gasteiger charge is -2.17. The molecule has 0 saturated heterocycles. The molecule has 7 heteroatoms. The highest BCUT2D eigenvalue weighted by Gasteiger charge is 2.16. The van der Waals surface area contributed by atoms with E-state index >= 15 is 0 Å². The number of nitrogens with two attached hydrogens (primary N) is 1. The van der Waals surface area contributed by atoms with Crippen LogP contribution in [0.4, 0.5) is 11.8 Å². The second-order valence-electron chi connectivity index (χ2n) is 6.92. The van der Waals surface area contributed by atoms with Gasteiger partial charge in [-0.25, -0.2) is 15.0 Å². The number of rotatable bonds is 3. The maximum absolute atomic E-state index is 6.13. The number of nitrogens with zero attached hydrogens (tertiary/aromatic N) is 5. The van der Waals surface area contributed by atoms with Crippen LogP contribution in [0.5, 0.6) is 0 Å². The van der Waals surface area contributed by atoms with Gasteiger partial charge >= 0.3 is 0 Å². The number of fused-ring (bicyclic) bond motifs is 2. The van der Waals surface area contributed by atoms with E-state index in [-0.39, 0.29) is 0 Å². The molecule has 3 aromatic rings. The highest BCUT2D eigenvalue weighted by atomic mass is 15.1. The molecule has 0 aliphatic heterocycles. The lowest BCUT2D eigenvalue weighted by Crippen LogP contribution is -2.15. The second-order valence-corrected chi connectivity index (χ2v) is 6.92. The zero-order chi connectivity index (χ0) is 18.3. The highest BCUT2D eigenvalue weighted by molar-refractivity contribution is 5.89. The van der Waals surface area contributed by atoms with Crippen molar-refractivity contribution in [1.82, 2.24) is 24.9 Å². The number of pyridine rings is 1. The van der Waals surface area contributed by atoms with Crippen molar-refractivity contribution in [3.05, 3.63) is 40.1 Å². The molecule has 0 spiro atoms. The van der Waals surface area contributed by atoms with Crippen molar-refractivity contribution >= 4 is 22.8 Å². The average molecular weight is 349 g/mol. The molecular formula is C19H23N7. The van der Waals surface area contributed by atoms with E-state index in [0.717, 1.165) is 41.0 Å². The van der Waals surface area contributed by atoms with E-state index in [0.29, 0.717) is 24.0 Å². The predicted molar refractivity (Wildman–Crippen MR) is 102 cm³/mol. The minimum atomic E-state index is 0.435. The molecule has 134 valence electrons. The van der Waals surface area contributed by atoms with Gasteiger partial charge in [0.1, 0.15) is 11.6 Å². The van der Waals surface area contributed by atoms with Gasteiger partial charge < -0.3 is 11.1 Å². The minimum absolute atomic E-state index is 0.435. The van der Waals surface area contributed by atoms with Gasteiger partial charge in [0.05, 0.1) is 11.9 Å². The Kier molecular flexibility index (Phi) is 4.14. The molecule has 3 aromatic heterocycles. The monoisotopic (exact) mass is 349 g/mol. The van der Waals surface area contributed by atoms with Gasteiger partial charge in [-0.1, -0.05) is 0 Å². The fourth-order valence-corrected chi connectivity index (χ4v) is 3.67. The Morgan fingerprint density at radius 1 is 1.00 bits per heavy atom. The molecule has 4 rings (SSSR count). The van der Waals surface area contributed by atoms with Gasteiger partial charge in [-0.2, -0.15) is 9.97 Å². The fraction of sp³-hybridized carbons (Fsp3) is 0.421. The predicted octanol–water partition coefficient (Wildman–Crippen LogP) is 2.81. The van der Waals surface area contributed by atoms with E-state index in [1.54, 1.807) is 0 Å². The molecule has 7 nitrogen and oxygen atoms in total. The molecule has 3 heterocycles. The van der Waals surface area contributed by atoms with Gasteiger partial charge in [0, 0.05) is 17.1 Å². The molecule has 0 radical (unpaired) electrons. The number of nitrogen functional groups attached to an aromatic ring is 1. The molecule has 0 bridgehead atoms. The van der Waals surface area contributed by atoms with Crippen LogP contribution in [0.1, 0.15) is 46.9 Å². The van der Waals surface area contributed by atoms with Gasteiger partial charge in [0.15, 0.2) is 5.65 Å². The van der Waals surface area contributed by atoms with Crippen LogP contribution >= 0.6 is 0 Å². The van der Waals surface area contributed by atoms with Gasteiger partial charge in [0.25, 0.3) is 0 Å². The summed E-state index contributed by atoms with van der Waals surface area (Å²) in [6.07, 6.45) is 4.55. The summed E-state index contributed by atoms with van der Waals surface area (Å²) < 4.78 is 0. The molecule has 1 aliphatic rings. The summed E-state index contributed by atoms with van der Waals surface area (Å²) in [5.74, 6) is 1.65. The summed E-state index contributed by atoms with van der Waals surface area (Å²) >= 11 is 0.